The lowest BCUT2D eigenvalue weighted by Gasteiger charge is -2.09. The second-order valence-electron chi connectivity index (χ2n) is 5.79. The number of ether oxygens (including phenoxy) is 1. The van der Waals surface area contributed by atoms with Crippen LogP contribution in [-0.2, 0) is 0 Å². The Balaban J connectivity index is 1.81. The molecule has 0 aliphatic carbocycles. The van der Waals surface area contributed by atoms with Crippen LogP contribution >= 0.6 is 0 Å². The van der Waals surface area contributed by atoms with Crippen molar-refractivity contribution in [3.63, 3.8) is 0 Å². The van der Waals surface area contributed by atoms with Gasteiger partial charge in [0, 0.05) is 22.9 Å². The van der Waals surface area contributed by atoms with E-state index >= 15 is 0 Å². The van der Waals surface area contributed by atoms with Gasteiger partial charge in [0.1, 0.15) is 0 Å². The molecular formula is C20H19N3O2. The van der Waals surface area contributed by atoms with Crippen molar-refractivity contribution < 1.29 is 9.53 Å². The second kappa shape index (κ2) is 7.13. The molecule has 0 saturated carbocycles. The van der Waals surface area contributed by atoms with Gasteiger partial charge in [-0.1, -0.05) is 18.2 Å². The Morgan fingerprint density at radius 1 is 0.960 bits per heavy atom. The van der Waals surface area contributed by atoms with Gasteiger partial charge < -0.3 is 10.1 Å². The van der Waals surface area contributed by atoms with Crippen LogP contribution in [0.25, 0.3) is 11.3 Å². The Bertz CT molecular complexity index is 905. The fraction of sp³-hybridized carbons (Fsp3) is 0.150. The van der Waals surface area contributed by atoms with Crippen LogP contribution in [0, 0.1) is 13.8 Å². The lowest BCUT2D eigenvalue weighted by atomic mass is 10.1. The van der Waals surface area contributed by atoms with Gasteiger partial charge in [0.15, 0.2) is 0 Å². The molecule has 0 aliphatic rings. The summed E-state index contributed by atoms with van der Waals surface area (Å²) < 4.78 is 5.02. The first-order chi connectivity index (χ1) is 12.1. The molecule has 25 heavy (non-hydrogen) atoms. The molecule has 1 heterocycles. The molecule has 126 valence electrons. The minimum absolute atomic E-state index is 0.138. The molecule has 0 aliphatic heterocycles. The Labute approximate surface area is 146 Å². The van der Waals surface area contributed by atoms with Gasteiger partial charge in [-0.2, -0.15) is 0 Å². The molecule has 5 nitrogen and oxygen atoms in total. The molecule has 1 aromatic heterocycles. The average Bonchev–Trinajstić information content (AvgIpc) is 2.64. The first kappa shape index (κ1) is 16.6. The minimum atomic E-state index is -0.138. The lowest BCUT2D eigenvalue weighted by Crippen LogP contribution is -2.12. The number of aromatic nitrogens is 2. The summed E-state index contributed by atoms with van der Waals surface area (Å²) in [5, 5.41) is 11.0. The number of hydrogen-bond donors (Lipinski definition) is 1. The van der Waals surface area contributed by atoms with E-state index in [-0.39, 0.29) is 5.91 Å². The summed E-state index contributed by atoms with van der Waals surface area (Å²) in [4.78, 5) is 12.5. The number of hydrogen-bond acceptors (Lipinski definition) is 4. The topological polar surface area (TPSA) is 64.1 Å². The third kappa shape index (κ3) is 3.83. The van der Waals surface area contributed by atoms with Crippen LogP contribution < -0.4 is 10.1 Å². The van der Waals surface area contributed by atoms with Crippen molar-refractivity contribution in [2.75, 3.05) is 12.4 Å². The minimum Gasteiger partial charge on any atom is -0.480 e. The number of nitrogens with zero attached hydrogens (tertiary/aromatic N) is 2. The van der Waals surface area contributed by atoms with Crippen LogP contribution in [0.5, 0.6) is 5.88 Å². The van der Waals surface area contributed by atoms with Gasteiger partial charge in [-0.25, -0.2) is 0 Å². The molecule has 0 atom stereocenters. The summed E-state index contributed by atoms with van der Waals surface area (Å²) in [6.45, 7) is 4.02. The zero-order chi connectivity index (χ0) is 17.8. The Kier molecular flexibility index (Phi) is 4.75. The summed E-state index contributed by atoms with van der Waals surface area (Å²) in [7, 11) is 1.55. The molecule has 1 amide bonds. The fourth-order valence-electron chi connectivity index (χ4n) is 2.43. The Morgan fingerprint density at radius 2 is 1.80 bits per heavy atom. The highest BCUT2D eigenvalue weighted by Gasteiger charge is 2.08. The Morgan fingerprint density at radius 3 is 2.48 bits per heavy atom. The van der Waals surface area contributed by atoms with Gasteiger partial charge in [-0.3, -0.25) is 4.79 Å². The highest BCUT2D eigenvalue weighted by molar-refractivity contribution is 6.04. The summed E-state index contributed by atoms with van der Waals surface area (Å²) in [5.41, 5.74) is 5.18. The van der Waals surface area contributed by atoms with Crippen molar-refractivity contribution in [2.24, 2.45) is 0 Å². The maximum Gasteiger partial charge on any atom is 0.255 e. The molecule has 1 N–H and O–H groups in total. The van der Waals surface area contributed by atoms with E-state index in [0.717, 1.165) is 16.7 Å². The molecule has 0 bridgehead atoms. The third-order valence-electron chi connectivity index (χ3n) is 4.03. The molecule has 0 saturated heterocycles. The number of anilines is 1. The third-order valence-corrected chi connectivity index (χ3v) is 4.03. The van der Waals surface area contributed by atoms with Gasteiger partial charge in [-0.15, -0.1) is 10.2 Å². The quantitative estimate of drug-likeness (QED) is 0.783. The number of methoxy groups -OCH3 is 1. The van der Waals surface area contributed by atoms with Crippen LogP contribution in [0.1, 0.15) is 21.5 Å². The molecule has 5 heteroatoms. The summed E-state index contributed by atoms with van der Waals surface area (Å²) in [5.74, 6) is 0.323. The van der Waals surface area contributed by atoms with Crippen molar-refractivity contribution in [1.82, 2.24) is 10.2 Å². The van der Waals surface area contributed by atoms with Crippen molar-refractivity contribution in [3.8, 4) is 17.1 Å². The van der Waals surface area contributed by atoms with Gasteiger partial charge in [-0.05, 0) is 55.3 Å². The van der Waals surface area contributed by atoms with Crippen molar-refractivity contribution >= 4 is 11.6 Å². The molecular weight excluding hydrogens is 314 g/mol. The normalized spacial score (nSPS) is 10.4. The van der Waals surface area contributed by atoms with Crippen molar-refractivity contribution in [3.05, 3.63) is 71.3 Å². The molecule has 0 fully saturated rings. The predicted molar refractivity (Wildman–Crippen MR) is 97.9 cm³/mol. The van der Waals surface area contributed by atoms with Crippen LogP contribution in [0.3, 0.4) is 0 Å². The van der Waals surface area contributed by atoms with E-state index in [9.17, 15) is 4.79 Å². The number of nitrogens with one attached hydrogen (secondary N) is 1. The van der Waals surface area contributed by atoms with E-state index in [0.29, 0.717) is 22.8 Å². The number of carbonyl (C=O) groups excluding carboxylic acids is 1. The van der Waals surface area contributed by atoms with Crippen LogP contribution in [-0.4, -0.2) is 23.2 Å². The lowest BCUT2D eigenvalue weighted by molar-refractivity contribution is 0.102. The molecule has 3 aromatic rings. The molecule has 0 unspecified atom stereocenters. The van der Waals surface area contributed by atoms with Crippen LogP contribution in [0.15, 0.2) is 54.6 Å². The number of rotatable bonds is 4. The molecule has 3 rings (SSSR count). The van der Waals surface area contributed by atoms with E-state index in [1.165, 1.54) is 0 Å². The zero-order valence-electron chi connectivity index (χ0n) is 14.4. The number of amides is 1. The van der Waals surface area contributed by atoms with E-state index < -0.39 is 0 Å². The molecule has 0 radical (unpaired) electrons. The number of benzene rings is 2. The van der Waals surface area contributed by atoms with E-state index in [4.69, 9.17) is 4.74 Å². The SMILES string of the molecule is COc1ccc(-c2cccc(NC(=O)c3ccc(C)c(C)c3)c2)nn1. The standard InChI is InChI=1S/C20H19N3O2/c1-13-7-8-16(11-14(13)2)20(24)21-17-6-4-5-15(12-17)18-9-10-19(25-3)23-22-18/h4-12H,1-3H3,(H,21,24). The summed E-state index contributed by atoms with van der Waals surface area (Å²) in [6.07, 6.45) is 0. The monoisotopic (exact) mass is 333 g/mol. The van der Waals surface area contributed by atoms with E-state index in [2.05, 4.69) is 15.5 Å². The fourth-order valence-corrected chi connectivity index (χ4v) is 2.43. The van der Waals surface area contributed by atoms with Crippen molar-refractivity contribution in [1.29, 1.82) is 0 Å². The van der Waals surface area contributed by atoms with Gasteiger partial charge in [0.2, 0.25) is 5.88 Å². The van der Waals surface area contributed by atoms with Gasteiger partial charge in [0.25, 0.3) is 5.91 Å². The predicted octanol–water partition coefficient (Wildman–Crippen LogP) is 4.02. The van der Waals surface area contributed by atoms with Crippen LogP contribution in [0.2, 0.25) is 0 Å². The highest BCUT2D eigenvalue weighted by atomic mass is 16.5. The van der Waals surface area contributed by atoms with Crippen molar-refractivity contribution in [2.45, 2.75) is 13.8 Å². The Hall–Kier alpha value is -3.21. The van der Waals surface area contributed by atoms with E-state index in [1.54, 1.807) is 13.2 Å². The van der Waals surface area contributed by atoms with Crippen LogP contribution in [0.4, 0.5) is 5.69 Å². The van der Waals surface area contributed by atoms with E-state index in [1.807, 2.05) is 62.4 Å². The first-order valence-corrected chi connectivity index (χ1v) is 7.93. The zero-order valence-corrected chi connectivity index (χ0v) is 14.4. The summed E-state index contributed by atoms with van der Waals surface area (Å²) >= 11 is 0. The van der Waals surface area contributed by atoms with Gasteiger partial charge in [0.05, 0.1) is 12.8 Å². The summed E-state index contributed by atoms with van der Waals surface area (Å²) in [6, 6.07) is 16.8. The molecule has 2 aromatic carbocycles. The molecule has 0 spiro atoms. The first-order valence-electron chi connectivity index (χ1n) is 7.93. The number of carbonyl (C=O) groups is 1. The average molecular weight is 333 g/mol. The number of aryl methyl sites for hydroxylation is 2. The smallest absolute Gasteiger partial charge is 0.255 e. The maximum atomic E-state index is 12.5. The maximum absolute atomic E-state index is 12.5. The second-order valence-corrected chi connectivity index (χ2v) is 5.79. The van der Waals surface area contributed by atoms with Gasteiger partial charge >= 0.3 is 0 Å². The highest BCUT2D eigenvalue weighted by Crippen LogP contribution is 2.22. The largest absolute Gasteiger partial charge is 0.480 e.